The van der Waals surface area contributed by atoms with Gasteiger partial charge in [0.25, 0.3) is 0 Å². The van der Waals surface area contributed by atoms with Crippen LogP contribution in [-0.4, -0.2) is 17.6 Å². The van der Waals surface area contributed by atoms with Crippen LogP contribution in [0.25, 0.3) is 0 Å². The molecule has 0 atom stereocenters. The number of carbonyl (C=O) groups is 1. The molecule has 5 nitrogen and oxygen atoms in total. The summed E-state index contributed by atoms with van der Waals surface area (Å²) in [7, 11) is 0. The van der Waals surface area contributed by atoms with Crippen LogP contribution < -0.4 is 10.5 Å². The summed E-state index contributed by atoms with van der Waals surface area (Å²) in [4.78, 5) is 15.7. The Hall–Kier alpha value is -2.08. The molecule has 0 radical (unpaired) electrons. The number of nitrogen functional groups attached to an aromatic ring is 1. The van der Waals surface area contributed by atoms with Gasteiger partial charge in [-0.05, 0) is 41.1 Å². The van der Waals surface area contributed by atoms with E-state index in [4.69, 9.17) is 15.2 Å². The molecule has 6 heteroatoms. The number of hydrogen-bond donors (Lipinski definition) is 1. The second-order valence-electron chi connectivity index (χ2n) is 3.88. The second kappa shape index (κ2) is 6.38. The maximum atomic E-state index is 11.7. The van der Waals surface area contributed by atoms with Crippen molar-refractivity contribution in [3.63, 3.8) is 0 Å². The van der Waals surface area contributed by atoms with Gasteiger partial charge in [0, 0.05) is 10.7 Å². The summed E-state index contributed by atoms with van der Waals surface area (Å²) >= 11 is 3.30. The highest BCUT2D eigenvalue weighted by Crippen LogP contribution is 2.31. The molecule has 0 saturated heterocycles. The van der Waals surface area contributed by atoms with E-state index in [9.17, 15) is 4.79 Å². The minimum Gasteiger partial charge on any atom is -0.462 e. The van der Waals surface area contributed by atoms with Crippen LogP contribution in [0.15, 0.2) is 41.1 Å². The van der Waals surface area contributed by atoms with Crippen LogP contribution >= 0.6 is 15.9 Å². The first-order chi connectivity index (χ1) is 9.61. The molecule has 2 rings (SSSR count). The monoisotopic (exact) mass is 336 g/mol. The first-order valence-corrected chi connectivity index (χ1v) is 6.75. The zero-order valence-corrected chi connectivity index (χ0v) is 12.4. The minimum atomic E-state index is -0.470. The Bertz CT molecular complexity index is 632. The summed E-state index contributed by atoms with van der Waals surface area (Å²) in [5.41, 5.74) is 6.47. The quantitative estimate of drug-likeness (QED) is 0.684. The fraction of sp³-hybridized carbons (Fsp3) is 0.143. The molecule has 1 aromatic carbocycles. The van der Waals surface area contributed by atoms with Crippen LogP contribution in [0.3, 0.4) is 0 Å². The number of carbonyl (C=O) groups excluding carboxylic acids is 1. The molecule has 0 aliphatic carbocycles. The number of rotatable bonds is 4. The van der Waals surface area contributed by atoms with E-state index in [1.807, 2.05) is 0 Å². The summed E-state index contributed by atoms with van der Waals surface area (Å²) < 4.78 is 11.4. The lowest BCUT2D eigenvalue weighted by atomic mass is 10.1. The Morgan fingerprint density at radius 2 is 2.20 bits per heavy atom. The van der Waals surface area contributed by atoms with Gasteiger partial charge in [0.1, 0.15) is 5.75 Å². The lowest BCUT2D eigenvalue weighted by Crippen LogP contribution is -2.08. The Kier molecular flexibility index (Phi) is 4.57. The standard InChI is InChI=1S/C14H13BrN2O3/c1-2-19-14(18)11-4-3-5-12(13(11)16)20-10-6-9(15)7-17-8-10/h3-8H,2,16H2,1H3. The number of esters is 1. The Morgan fingerprint density at radius 1 is 1.40 bits per heavy atom. The number of hydrogen-bond acceptors (Lipinski definition) is 5. The minimum absolute atomic E-state index is 0.242. The van der Waals surface area contributed by atoms with Gasteiger partial charge >= 0.3 is 5.97 Å². The largest absolute Gasteiger partial charge is 0.462 e. The van der Waals surface area contributed by atoms with E-state index in [2.05, 4.69) is 20.9 Å². The zero-order chi connectivity index (χ0) is 14.5. The maximum Gasteiger partial charge on any atom is 0.340 e. The number of nitrogens with zero attached hydrogens (tertiary/aromatic N) is 1. The summed E-state index contributed by atoms with van der Waals surface area (Å²) in [5.74, 6) is 0.436. The van der Waals surface area contributed by atoms with Gasteiger partial charge in [-0.15, -0.1) is 0 Å². The number of anilines is 1. The smallest absolute Gasteiger partial charge is 0.340 e. The predicted molar refractivity (Wildman–Crippen MR) is 78.8 cm³/mol. The zero-order valence-electron chi connectivity index (χ0n) is 10.8. The molecule has 0 unspecified atom stereocenters. The van der Waals surface area contributed by atoms with Gasteiger partial charge in [0.15, 0.2) is 5.75 Å². The Labute approximate surface area is 124 Å². The molecular weight excluding hydrogens is 324 g/mol. The number of halogens is 1. The van der Waals surface area contributed by atoms with Crippen LogP contribution in [0.4, 0.5) is 5.69 Å². The molecule has 2 N–H and O–H groups in total. The highest BCUT2D eigenvalue weighted by atomic mass is 79.9. The first-order valence-electron chi connectivity index (χ1n) is 5.96. The highest BCUT2D eigenvalue weighted by Gasteiger charge is 2.14. The van der Waals surface area contributed by atoms with Crippen molar-refractivity contribution in [3.05, 3.63) is 46.7 Å². The molecule has 0 bridgehead atoms. The number of ether oxygens (including phenoxy) is 2. The van der Waals surface area contributed by atoms with E-state index < -0.39 is 5.97 Å². The Balaban J connectivity index is 2.29. The van der Waals surface area contributed by atoms with Crippen LogP contribution in [0, 0.1) is 0 Å². The third kappa shape index (κ3) is 3.27. The van der Waals surface area contributed by atoms with Gasteiger partial charge in [-0.25, -0.2) is 4.79 Å². The summed E-state index contributed by atoms with van der Waals surface area (Å²) in [6.45, 7) is 2.03. The van der Waals surface area contributed by atoms with Crippen LogP contribution in [0.2, 0.25) is 0 Å². The maximum absolute atomic E-state index is 11.7. The highest BCUT2D eigenvalue weighted by molar-refractivity contribution is 9.10. The lowest BCUT2D eigenvalue weighted by molar-refractivity contribution is 0.0527. The molecule has 1 aromatic heterocycles. The van der Waals surface area contributed by atoms with Gasteiger partial charge in [0.05, 0.1) is 24.1 Å². The van der Waals surface area contributed by atoms with Crippen molar-refractivity contribution < 1.29 is 14.3 Å². The molecule has 0 aliphatic rings. The fourth-order valence-electron chi connectivity index (χ4n) is 1.60. The van der Waals surface area contributed by atoms with Crippen molar-refractivity contribution >= 4 is 27.6 Å². The van der Waals surface area contributed by atoms with Crippen molar-refractivity contribution in [1.29, 1.82) is 0 Å². The summed E-state index contributed by atoms with van der Waals surface area (Å²) in [6.07, 6.45) is 3.20. The van der Waals surface area contributed by atoms with Crippen molar-refractivity contribution in [3.8, 4) is 11.5 Å². The average Bonchev–Trinajstić information content (AvgIpc) is 2.41. The molecule has 20 heavy (non-hydrogen) atoms. The van der Waals surface area contributed by atoms with Crippen molar-refractivity contribution in [2.75, 3.05) is 12.3 Å². The van der Waals surface area contributed by atoms with E-state index in [-0.39, 0.29) is 11.3 Å². The first kappa shape index (κ1) is 14.3. The molecule has 0 spiro atoms. The number of nitrogens with two attached hydrogens (primary N) is 1. The lowest BCUT2D eigenvalue weighted by Gasteiger charge is -2.11. The third-order valence-electron chi connectivity index (χ3n) is 2.47. The molecule has 2 aromatic rings. The van der Waals surface area contributed by atoms with E-state index in [0.717, 1.165) is 4.47 Å². The van der Waals surface area contributed by atoms with Gasteiger partial charge in [-0.2, -0.15) is 0 Å². The summed E-state index contributed by atoms with van der Waals surface area (Å²) in [6, 6.07) is 6.71. The Morgan fingerprint density at radius 3 is 2.90 bits per heavy atom. The fourth-order valence-corrected chi connectivity index (χ4v) is 1.94. The van der Waals surface area contributed by atoms with E-state index >= 15 is 0 Å². The van der Waals surface area contributed by atoms with Crippen LogP contribution in [-0.2, 0) is 4.74 Å². The van der Waals surface area contributed by atoms with E-state index in [0.29, 0.717) is 18.1 Å². The number of benzene rings is 1. The molecule has 0 aliphatic heterocycles. The van der Waals surface area contributed by atoms with Crippen molar-refractivity contribution in [2.45, 2.75) is 6.92 Å². The third-order valence-corrected chi connectivity index (χ3v) is 2.90. The van der Waals surface area contributed by atoms with E-state index in [1.54, 1.807) is 43.6 Å². The van der Waals surface area contributed by atoms with Gasteiger partial charge in [-0.1, -0.05) is 6.07 Å². The van der Waals surface area contributed by atoms with Gasteiger partial charge in [0.2, 0.25) is 0 Å². The molecular formula is C14H13BrN2O3. The molecule has 0 saturated carbocycles. The van der Waals surface area contributed by atoms with Crippen molar-refractivity contribution in [2.24, 2.45) is 0 Å². The van der Waals surface area contributed by atoms with Crippen molar-refractivity contribution in [1.82, 2.24) is 4.98 Å². The number of pyridine rings is 1. The molecule has 0 fully saturated rings. The van der Waals surface area contributed by atoms with Gasteiger partial charge in [-0.3, -0.25) is 4.98 Å². The van der Waals surface area contributed by atoms with Crippen LogP contribution in [0.5, 0.6) is 11.5 Å². The topological polar surface area (TPSA) is 74.4 Å². The number of para-hydroxylation sites is 1. The average molecular weight is 337 g/mol. The number of aromatic nitrogens is 1. The predicted octanol–water partition coefficient (Wildman–Crippen LogP) is 3.40. The van der Waals surface area contributed by atoms with Gasteiger partial charge < -0.3 is 15.2 Å². The van der Waals surface area contributed by atoms with E-state index in [1.165, 1.54) is 0 Å². The normalized spacial score (nSPS) is 10.1. The molecule has 104 valence electrons. The summed E-state index contributed by atoms with van der Waals surface area (Å²) in [5, 5.41) is 0. The second-order valence-corrected chi connectivity index (χ2v) is 4.79. The SMILES string of the molecule is CCOC(=O)c1cccc(Oc2cncc(Br)c2)c1N. The van der Waals surface area contributed by atoms with Crippen LogP contribution in [0.1, 0.15) is 17.3 Å². The molecule has 0 amide bonds. The molecule has 1 heterocycles.